The lowest BCUT2D eigenvalue weighted by Crippen LogP contribution is -2.39. The Hall–Kier alpha value is -0.450. The van der Waals surface area contributed by atoms with Crippen LogP contribution in [0.25, 0.3) is 0 Å². The molecule has 1 aliphatic heterocycles. The van der Waals surface area contributed by atoms with Crippen molar-refractivity contribution in [2.75, 3.05) is 13.2 Å². The first-order valence-electron chi connectivity index (χ1n) is 5.44. The molecule has 1 saturated heterocycles. The molecule has 0 amide bonds. The normalized spacial score (nSPS) is 25.7. The van der Waals surface area contributed by atoms with Crippen LogP contribution in [0.4, 0.5) is 4.39 Å². The zero-order chi connectivity index (χ0) is 11.5. The van der Waals surface area contributed by atoms with Crippen molar-refractivity contribution in [1.82, 2.24) is 0 Å². The fourth-order valence-electron chi connectivity index (χ4n) is 2.01. The second-order valence-electron chi connectivity index (χ2n) is 4.23. The predicted octanol–water partition coefficient (Wildman–Crippen LogP) is 2.49. The van der Waals surface area contributed by atoms with Crippen LogP contribution >= 0.6 is 15.9 Å². The number of halogens is 2. The minimum atomic E-state index is -0.205. The molecule has 1 fully saturated rings. The van der Waals surface area contributed by atoms with E-state index < -0.39 is 0 Å². The Bertz CT molecular complexity index is 372. The molecule has 2 unspecified atom stereocenters. The van der Waals surface area contributed by atoms with Crippen LogP contribution in [0.5, 0.6) is 0 Å². The molecule has 0 saturated carbocycles. The maximum absolute atomic E-state index is 13.1. The van der Waals surface area contributed by atoms with Crippen molar-refractivity contribution in [3.63, 3.8) is 0 Å². The number of rotatable bonds is 2. The molecule has 2 rings (SSSR count). The molecule has 1 heterocycles. The monoisotopic (exact) mass is 287 g/mol. The first-order valence-corrected chi connectivity index (χ1v) is 6.23. The van der Waals surface area contributed by atoms with E-state index in [2.05, 4.69) is 15.9 Å². The molecule has 1 aromatic carbocycles. The summed E-state index contributed by atoms with van der Waals surface area (Å²) in [4.78, 5) is 0. The van der Waals surface area contributed by atoms with Crippen LogP contribution in [0.3, 0.4) is 0 Å². The molecule has 2 N–H and O–H groups in total. The summed E-state index contributed by atoms with van der Waals surface area (Å²) in [5, 5.41) is 0. The Balaban J connectivity index is 2.10. The van der Waals surface area contributed by atoms with E-state index in [9.17, 15) is 4.39 Å². The van der Waals surface area contributed by atoms with Gasteiger partial charge in [-0.2, -0.15) is 0 Å². The SMILES string of the molecule is NC1CCOCC1Cc1cc(F)ccc1Br. The van der Waals surface area contributed by atoms with Gasteiger partial charge in [-0.25, -0.2) is 4.39 Å². The van der Waals surface area contributed by atoms with Gasteiger partial charge in [0.05, 0.1) is 6.61 Å². The number of nitrogens with two attached hydrogens (primary N) is 1. The zero-order valence-electron chi connectivity index (χ0n) is 8.96. The van der Waals surface area contributed by atoms with E-state index in [1.807, 2.05) is 0 Å². The van der Waals surface area contributed by atoms with Crippen molar-refractivity contribution in [1.29, 1.82) is 0 Å². The molecule has 0 spiro atoms. The minimum absolute atomic E-state index is 0.156. The molecule has 0 aliphatic carbocycles. The van der Waals surface area contributed by atoms with Crippen LogP contribution < -0.4 is 5.73 Å². The molecule has 2 nitrogen and oxygen atoms in total. The van der Waals surface area contributed by atoms with Gasteiger partial charge in [0.1, 0.15) is 5.82 Å². The molecule has 88 valence electrons. The highest BCUT2D eigenvalue weighted by Crippen LogP contribution is 2.24. The van der Waals surface area contributed by atoms with Gasteiger partial charge in [-0.05, 0) is 36.6 Å². The van der Waals surface area contributed by atoms with E-state index in [4.69, 9.17) is 10.5 Å². The molecule has 1 aliphatic rings. The maximum atomic E-state index is 13.1. The minimum Gasteiger partial charge on any atom is -0.381 e. The molecular formula is C12H15BrFNO. The summed E-state index contributed by atoms with van der Waals surface area (Å²) in [6, 6.07) is 4.90. The Morgan fingerprint density at radius 1 is 1.50 bits per heavy atom. The number of benzene rings is 1. The fourth-order valence-corrected chi connectivity index (χ4v) is 2.41. The molecule has 2 atom stereocenters. The van der Waals surface area contributed by atoms with Gasteiger partial charge in [-0.15, -0.1) is 0 Å². The molecule has 0 radical (unpaired) electrons. The highest BCUT2D eigenvalue weighted by Gasteiger charge is 2.23. The number of hydrogen-bond donors (Lipinski definition) is 1. The Labute approximate surface area is 103 Å². The first-order chi connectivity index (χ1) is 7.66. The van der Waals surface area contributed by atoms with E-state index in [0.717, 1.165) is 29.5 Å². The second kappa shape index (κ2) is 5.25. The van der Waals surface area contributed by atoms with Gasteiger partial charge in [0.15, 0.2) is 0 Å². The van der Waals surface area contributed by atoms with Crippen molar-refractivity contribution in [2.45, 2.75) is 18.9 Å². The van der Waals surface area contributed by atoms with E-state index in [0.29, 0.717) is 6.61 Å². The molecule has 0 bridgehead atoms. The summed E-state index contributed by atoms with van der Waals surface area (Å²) in [6.07, 6.45) is 1.65. The lowest BCUT2D eigenvalue weighted by Gasteiger charge is -2.29. The largest absolute Gasteiger partial charge is 0.381 e. The summed E-state index contributed by atoms with van der Waals surface area (Å²) < 4.78 is 19.5. The van der Waals surface area contributed by atoms with Gasteiger partial charge in [-0.1, -0.05) is 15.9 Å². The zero-order valence-corrected chi connectivity index (χ0v) is 10.5. The van der Waals surface area contributed by atoms with Crippen molar-refractivity contribution in [3.8, 4) is 0 Å². The van der Waals surface area contributed by atoms with Gasteiger partial charge < -0.3 is 10.5 Å². The second-order valence-corrected chi connectivity index (χ2v) is 5.08. The smallest absolute Gasteiger partial charge is 0.123 e. The third kappa shape index (κ3) is 2.81. The maximum Gasteiger partial charge on any atom is 0.123 e. The Morgan fingerprint density at radius 2 is 2.31 bits per heavy atom. The van der Waals surface area contributed by atoms with E-state index in [1.165, 1.54) is 6.07 Å². The summed E-state index contributed by atoms with van der Waals surface area (Å²) in [5.74, 6) is 0.0790. The highest BCUT2D eigenvalue weighted by molar-refractivity contribution is 9.10. The van der Waals surface area contributed by atoms with E-state index in [1.54, 1.807) is 12.1 Å². The molecule has 0 aromatic heterocycles. The Morgan fingerprint density at radius 3 is 3.06 bits per heavy atom. The van der Waals surface area contributed by atoms with Crippen molar-refractivity contribution in [3.05, 3.63) is 34.1 Å². The van der Waals surface area contributed by atoms with E-state index in [-0.39, 0.29) is 17.8 Å². The summed E-state index contributed by atoms with van der Waals surface area (Å²) in [6.45, 7) is 1.41. The van der Waals surface area contributed by atoms with Gasteiger partial charge in [-0.3, -0.25) is 0 Å². The van der Waals surface area contributed by atoms with Gasteiger partial charge in [0, 0.05) is 23.0 Å². The topological polar surface area (TPSA) is 35.2 Å². The Kier molecular flexibility index (Phi) is 3.95. The summed E-state index contributed by atoms with van der Waals surface area (Å²) in [7, 11) is 0. The van der Waals surface area contributed by atoms with Crippen LogP contribution in [-0.2, 0) is 11.2 Å². The van der Waals surface area contributed by atoms with Crippen LogP contribution in [0.15, 0.2) is 22.7 Å². The van der Waals surface area contributed by atoms with Gasteiger partial charge in [0.2, 0.25) is 0 Å². The average molecular weight is 288 g/mol. The van der Waals surface area contributed by atoms with Gasteiger partial charge >= 0.3 is 0 Å². The first kappa shape index (κ1) is 12.0. The summed E-state index contributed by atoms with van der Waals surface area (Å²) in [5.41, 5.74) is 6.99. The average Bonchev–Trinajstić information content (AvgIpc) is 2.27. The van der Waals surface area contributed by atoms with Crippen LogP contribution in [0, 0.1) is 11.7 Å². The molecular weight excluding hydrogens is 273 g/mol. The highest BCUT2D eigenvalue weighted by atomic mass is 79.9. The van der Waals surface area contributed by atoms with Crippen LogP contribution in [-0.4, -0.2) is 19.3 Å². The molecule has 1 aromatic rings. The van der Waals surface area contributed by atoms with Crippen molar-refractivity contribution < 1.29 is 9.13 Å². The number of hydrogen-bond acceptors (Lipinski definition) is 2. The van der Waals surface area contributed by atoms with Crippen LogP contribution in [0.2, 0.25) is 0 Å². The standard InChI is InChI=1S/C12H15BrFNO/c13-11-2-1-10(14)6-8(11)5-9-7-16-4-3-12(9)15/h1-2,6,9,12H,3-5,7,15H2. The summed E-state index contributed by atoms with van der Waals surface area (Å²) >= 11 is 3.43. The third-order valence-corrected chi connectivity index (χ3v) is 3.80. The van der Waals surface area contributed by atoms with Crippen molar-refractivity contribution in [2.24, 2.45) is 11.7 Å². The van der Waals surface area contributed by atoms with Crippen LogP contribution in [0.1, 0.15) is 12.0 Å². The lowest BCUT2D eigenvalue weighted by atomic mass is 9.90. The third-order valence-electron chi connectivity index (χ3n) is 3.02. The number of ether oxygens (including phenoxy) is 1. The fraction of sp³-hybridized carbons (Fsp3) is 0.500. The molecule has 16 heavy (non-hydrogen) atoms. The van der Waals surface area contributed by atoms with Crippen molar-refractivity contribution >= 4 is 15.9 Å². The van der Waals surface area contributed by atoms with Gasteiger partial charge in [0.25, 0.3) is 0 Å². The lowest BCUT2D eigenvalue weighted by molar-refractivity contribution is 0.0421. The van der Waals surface area contributed by atoms with E-state index >= 15 is 0 Å². The molecule has 4 heteroatoms. The predicted molar refractivity (Wildman–Crippen MR) is 64.7 cm³/mol. The quantitative estimate of drug-likeness (QED) is 0.907.